The van der Waals surface area contributed by atoms with Crippen LogP contribution in [0.5, 0.6) is 0 Å². The topological polar surface area (TPSA) is 84.2 Å². The Morgan fingerprint density at radius 2 is 2.24 bits per heavy atom. The Morgan fingerprint density at radius 3 is 2.76 bits per heavy atom. The Labute approximate surface area is 99.6 Å². The molecule has 1 atom stereocenters. The molecule has 0 aliphatic rings. The van der Waals surface area contributed by atoms with E-state index in [2.05, 4.69) is 10.4 Å². The number of aliphatic carboxylic acids is 1. The smallest absolute Gasteiger partial charge is 0.315 e. The van der Waals surface area contributed by atoms with Gasteiger partial charge < -0.3 is 10.4 Å². The van der Waals surface area contributed by atoms with E-state index >= 15 is 0 Å². The molecule has 1 unspecified atom stereocenters. The second kappa shape index (κ2) is 5.47. The zero-order valence-electron chi connectivity index (χ0n) is 10.2. The van der Waals surface area contributed by atoms with Gasteiger partial charge in [0.05, 0.1) is 5.69 Å². The summed E-state index contributed by atoms with van der Waals surface area (Å²) in [5.41, 5.74) is 1.83. The third kappa shape index (κ3) is 3.30. The molecule has 17 heavy (non-hydrogen) atoms. The van der Waals surface area contributed by atoms with Gasteiger partial charge in [-0.1, -0.05) is 6.92 Å². The third-order valence-corrected chi connectivity index (χ3v) is 2.54. The Kier molecular flexibility index (Phi) is 4.25. The number of amides is 1. The minimum atomic E-state index is -1.12. The molecule has 0 radical (unpaired) electrons. The van der Waals surface area contributed by atoms with Crippen molar-refractivity contribution in [3.63, 3.8) is 0 Å². The predicted molar refractivity (Wildman–Crippen MR) is 61.2 cm³/mol. The van der Waals surface area contributed by atoms with Gasteiger partial charge in [-0.3, -0.25) is 14.3 Å². The second-order valence-corrected chi connectivity index (χ2v) is 3.91. The van der Waals surface area contributed by atoms with Crippen LogP contribution < -0.4 is 5.32 Å². The lowest BCUT2D eigenvalue weighted by Gasteiger charge is -2.07. The summed E-state index contributed by atoms with van der Waals surface area (Å²) in [6.07, 6.45) is 2.60. The molecule has 1 aromatic heterocycles. The number of carbonyl (C=O) groups excluding carboxylic acids is 1. The number of aromatic nitrogens is 2. The number of nitrogens with one attached hydrogen (secondary N) is 1. The van der Waals surface area contributed by atoms with Gasteiger partial charge in [0.2, 0.25) is 5.91 Å². The summed E-state index contributed by atoms with van der Waals surface area (Å²) in [6.45, 7) is 3.66. The molecular weight excluding hydrogens is 222 g/mol. The fourth-order valence-electron chi connectivity index (χ4n) is 1.48. The molecule has 1 amide bonds. The van der Waals surface area contributed by atoms with Gasteiger partial charge in [-0.25, -0.2) is 0 Å². The molecule has 1 rings (SSSR count). The van der Waals surface area contributed by atoms with Crippen molar-refractivity contribution in [1.29, 1.82) is 0 Å². The highest BCUT2D eigenvalue weighted by Crippen LogP contribution is 2.07. The number of carboxylic acid groups (broad SMARTS) is 1. The third-order valence-electron chi connectivity index (χ3n) is 2.54. The van der Waals surface area contributed by atoms with Crippen LogP contribution in [0.2, 0.25) is 0 Å². The maximum Gasteiger partial charge on any atom is 0.315 e. The van der Waals surface area contributed by atoms with Gasteiger partial charge in [-0.2, -0.15) is 5.10 Å². The molecule has 0 aliphatic carbocycles. The molecular formula is C11H17N3O3. The largest absolute Gasteiger partial charge is 0.481 e. The summed E-state index contributed by atoms with van der Waals surface area (Å²) < 4.78 is 1.68. The molecule has 0 aliphatic heterocycles. The summed E-state index contributed by atoms with van der Waals surface area (Å²) in [4.78, 5) is 22.0. The molecule has 0 fully saturated rings. The summed E-state index contributed by atoms with van der Waals surface area (Å²) >= 11 is 0. The van der Waals surface area contributed by atoms with Gasteiger partial charge in [0, 0.05) is 25.4 Å². The number of hydrogen-bond acceptors (Lipinski definition) is 3. The van der Waals surface area contributed by atoms with Gasteiger partial charge in [0.15, 0.2) is 0 Å². The second-order valence-electron chi connectivity index (χ2n) is 3.91. The van der Waals surface area contributed by atoms with Crippen LogP contribution in [0.3, 0.4) is 0 Å². The van der Waals surface area contributed by atoms with Gasteiger partial charge in [0.1, 0.15) is 5.92 Å². The van der Waals surface area contributed by atoms with Crippen molar-refractivity contribution in [2.75, 3.05) is 0 Å². The van der Waals surface area contributed by atoms with E-state index in [1.165, 1.54) is 6.92 Å². The summed E-state index contributed by atoms with van der Waals surface area (Å²) in [5, 5.41) is 15.5. The molecule has 0 saturated heterocycles. The molecule has 6 heteroatoms. The summed E-state index contributed by atoms with van der Waals surface area (Å²) in [7, 11) is 1.81. The SMILES string of the molecule is CCc1nn(C)cc1CNC(=O)C(C)C(=O)O. The molecule has 0 bridgehead atoms. The van der Waals surface area contributed by atoms with Crippen LogP contribution in [-0.2, 0) is 29.6 Å². The van der Waals surface area contributed by atoms with Crippen molar-refractivity contribution < 1.29 is 14.7 Å². The van der Waals surface area contributed by atoms with Crippen molar-refractivity contribution in [2.24, 2.45) is 13.0 Å². The standard InChI is InChI=1S/C11H17N3O3/c1-4-9-8(6-14(3)13-9)5-12-10(15)7(2)11(16)17/h6-7H,4-5H2,1-3H3,(H,12,15)(H,16,17). The van der Waals surface area contributed by atoms with E-state index in [1.54, 1.807) is 4.68 Å². The first-order valence-corrected chi connectivity index (χ1v) is 5.47. The van der Waals surface area contributed by atoms with E-state index in [1.807, 2.05) is 20.2 Å². The molecule has 6 nitrogen and oxygen atoms in total. The van der Waals surface area contributed by atoms with E-state index in [0.29, 0.717) is 6.54 Å². The maximum atomic E-state index is 11.4. The summed E-state index contributed by atoms with van der Waals surface area (Å²) in [6, 6.07) is 0. The highest BCUT2D eigenvalue weighted by atomic mass is 16.4. The van der Waals surface area contributed by atoms with Gasteiger partial charge in [-0.15, -0.1) is 0 Å². The van der Waals surface area contributed by atoms with Crippen LogP contribution in [0, 0.1) is 5.92 Å². The number of rotatable bonds is 5. The molecule has 2 N–H and O–H groups in total. The van der Waals surface area contributed by atoms with Crippen LogP contribution in [0.4, 0.5) is 0 Å². The average molecular weight is 239 g/mol. The van der Waals surface area contributed by atoms with Gasteiger partial charge in [-0.05, 0) is 13.3 Å². The van der Waals surface area contributed by atoms with Crippen LogP contribution in [0.1, 0.15) is 25.1 Å². The van der Waals surface area contributed by atoms with Crippen LogP contribution >= 0.6 is 0 Å². The zero-order valence-corrected chi connectivity index (χ0v) is 10.2. The lowest BCUT2D eigenvalue weighted by molar-refractivity contribution is -0.146. The van der Waals surface area contributed by atoms with Crippen molar-refractivity contribution in [3.05, 3.63) is 17.5 Å². The first kappa shape index (κ1) is 13.2. The average Bonchev–Trinajstić information content (AvgIpc) is 2.65. The summed E-state index contributed by atoms with van der Waals surface area (Å²) in [5.74, 6) is -2.63. The van der Waals surface area contributed by atoms with E-state index in [4.69, 9.17) is 5.11 Å². The van der Waals surface area contributed by atoms with E-state index in [-0.39, 0.29) is 0 Å². The highest BCUT2D eigenvalue weighted by Gasteiger charge is 2.20. The van der Waals surface area contributed by atoms with E-state index in [0.717, 1.165) is 17.7 Å². The first-order chi connectivity index (χ1) is 7.95. The fourth-order valence-corrected chi connectivity index (χ4v) is 1.48. The molecule has 1 aromatic rings. The maximum absolute atomic E-state index is 11.4. The van der Waals surface area contributed by atoms with Crippen molar-refractivity contribution in [2.45, 2.75) is 26.8 Å². The minimum Gasteiger partial charge on any atom is -0.481 e. The number of hydrogen-bond donors (Lipinski definition) is 2. The highest BCUT2D eigenvalue weighted by molar-refractivity contribution is 5.96. The normalized spacial score (nSPS) is 12.2. The van der Waals surface area contributed by atoms with Crippen molar-refractivity contribution in [1.82, 2.24) is 15.1 Å². The van der Waals surface area contributed by atoms with Crippen molar-refractivity contribution >= 4 is 11.9 Å². The Bertz CT molecular complexity index is 426. The Balaban J connectivity index is 2.61. The van der Waals surface area contributed by atoms with Crippen LogP contribution in [-0.4, -0.2) is 26.8 Å². The Hall–Kier alpha value is -1.85. The minimum absolute atomic E-state index is 0.313. The van der Waals surface area contributed by atoms with E-state index in [9.17, 15) is 9.59 Å². The molecule has 1 heterocycles. The Morgan fingerprint density at radius 1 is 1.59 bits per heavy atom. The molecule has 0 spiro atoms. The zero-order chi connectivity index (χ0) is 13.0. The molecule has 0 saturated carbocycles. The number of nitrogens with zero attached hydrogens (tertiary/aromatic N) is 2. The van der Waals surface area contributed by atoms with Crippen LogP contribution in [0.25, 0.3) is 0 Å². The molecule has 94 valence electrons. The van der Waals surface area contributed by atoms with Gasteiger partial charge in [0.25, 0.3) is 0 Å². The van der Waals surface area contributed by atoms with Crippen molar-refractivity contribution in [3.8, 4) is 0 Å². The monoisotopic (exact) mass is 239 g/mol. The van der Waals surface area contributed by atoms with Crippen LogP contribution in [0.15, 0.2) is 6.20 Å². The van der Waals surface area contributed by atoms with Gasteiger partial charge >= 0.3 is 5.97 Å². The lowest BCUT2D eigenvalue weighted by Crippen LogP contribution is -2.33. The fraction of sp³-hybridized carbons (Fsp3) is 0.545. The lowest BCUT2D eigenvalue weighted by atomic mass is 10.1. The van der Waals surface area contributed by atoms with E-state index < -0.39 is 17.8 Å². The number of carboxylic acids is 1. The number of aryl methyl sites for hydroxylation is 2. The first-order valence-electron chi connectivity index (χ1n) is 5.47. The number of carbonyl (C=O) groups is 2. The predicted octanol–water partition coefficient (Wildman–Crippen LogP) is 0.319. The molecule has 0 aromatic carbocycles. The quantitative estimate of drug-likeness (QED) is 0.725.